The minimum absolute atomic E-state index is 0.408. The van der Waals surface area contributed by atoms with Crippen molar-refractivity contribution in [3.63, 3.8) is 0 Å². The van der Waals surface area contributed by atoms with Gasteiger partial charge in [-0.2, -0.15) is 0 Å². The van der Waals surface area contributed by atoms with E-state index in [1.165, 1.54) is 24.3 Å². The van der Waals surface area contributed by atoms with Crippen LogP contribution in [-0.4, -0.2) is 17.1 Å². The number of nitrogens with one attached hydrogen (secondary N) is 1. The van der Waals surface area contributed by atoms with Gasteiger partial charge in [0.25, 0.3) is 0 Å². The molecule has 4 N–H and O–H groups in total. The molecule has 0 aliphatic heterocycles. The average Bonchev–Trinajstić information content (AvgIpc) is 2.15. The van der Waals surface area contributed by atoms with Crippen molar-refractivity contribution in [2.75, 3.05) is 0 Å². The van der Waals surface area contributed by atoms with Gasteiger partial charge in [-0.3, -0.25) is 0 Å². The van der Waals surface area contributed by atoms with E-state index in [2.05, 4.69) is 5.32 Å². The number of carboxylic acids is 1. The molecule has 0 aromatic heterocycles. The Kier molecular flexibility index (Phi) is 3.51. The van der Waals surface area contributed by atoms with Gasteiger partial charge < -0.3 is 16.2 Å². The van der Waals surface area contributed by atoms with Crippen molar-refractivity contribution in [3.8, 4) is 0 Å². The highest BCUT2D eigenvalue weighted by Crippen LogP contribution is 2.16. The topological polar surface area (TPSA) is 92.4 Å². The molecule has 5 nitrogen and oxygen atoms in total. The molecule has 0 saturated heterocycles. The Labute approximate surface area is 90.8 Å². The third-order valence-corrected chi connectivity index (χ3v) is 1.99. The normalized spacial score (nSPS) is 11.8. The molecule has 1 aromatic rings. The third kappa shape index (κ3) is 3.14. The lowest BCUT2D eigenvalue weighted by molar-refractivity contribution is -0.139. The van der Waals surface area contributed by atoms with Gasteiger partial charge in [-0.1, -0.05) is 23.7 Å². The molecule has 80 valence electrons. The minimum Gasteiger partial charge on any atom is -0.479 e. The number of nitrogens with two attached hydrogens (primary N) is 1. The van der Waals surface area contributed by atoms with E-state index in [0.29, 0.717) is 10.6 Å². The van der Waals surface area contributed by atoms with E-state index in [4.69, 9.17) is 22.4 Å². The lowest BCUT2D eigenvalue weighted by Gasteiger charge is -2.12. The molecule has 2 amide bonds. The average molecular weight is 229 g/mol. The van der Waals surface area contributed by atoms with Crippen LogP contribution in [0.2, 0.25) is 5.02 Å². The molecule has 0 aliphatic rings. The predicted octanol–water partition coefficient (Wildman–Crippen LogP) is 1.13. The number of aliphatic carboxylic acids is 1. The van der Waals surface area contributed by atoms with Gasteiger partial charge >= 0.3 is 12.0 Å². The molecule has 6 heteroatoms. The van der Waals surface area contributed by atoms with E-state index in [1.807, 2.05) is 0 Å². The van der Waals surface area contributed by atoms with Gasteiger partial charge in [-0.25, -0.2) is 9.59 Å². The van der Waals surface area contributed by atoms with Crippen molar-refractivity contribution in [2.45, 2.75) is 6.04 Å². The van der Waals surface area contributed by atoms with Gasteiger partial charge in [0, 0.05) is 5.02 Å². The third-order valence-electron chi connectivity index (χ3n) is 1.74. The van der Waals surface area contributed by atoms with Gasteiger partial charge in [0.05, 0.1) is 0 Å². The number of primary amides is 1. The number of hydrogen-bond donors (Lipinski definition) is 3. The lowest BCUT2D eigenvalue weighted by Crippen LogP contribution is -2.37. The summed E-state index contributed by atoms with van der Waals surface area (Å²) in [5.74, 6) is -1.18. The fourth-order valence-corrected chi connectivity index (χ4v) is 1.21. The molecule has 0 heterocycles. The molecular weight excluding hydrogens is 220 g/mol. The van der Waals surface area contributed by atoms with E-state index in [-0.39, 0.29) is 0 Å². The second kappa shape index (κ2) is 4.65. The number of rotatable bonds is 3. The van der Waals surface area contributed by atoms with Gasteiger partial charge in [0.15, 0.2) is 6.04 Å². The van der Waals surface area contributed by atoms with Crippen molar-refractivity contribution in [2.24, 2.45) is 5.73 Å². The number of carbonyl (C=O) groups is 2. The first kappa shape index (κ1) is 11.3. The van der Waals surface area contributed by atoms with Gasteiger partial charge in [-0.15, -0.1) is 0 Å². The Morgan fingerprint density at radius 1 is 1.33 bits per heavy atom. The number of benzene rings is 1. The van der Waals surface area contributed by atoms with Crippen LogP contribution in [0.4, 0.5) is 4.79 Å². The molecule has 1 unspecified atom stereocenters. The molecule has 1 aromatic carbocycles. The Bertz CT molecular complexity index is 377. The van der Waals surface area contributed by atoms with Gasteiger partial charge in [0.1, 0.15) is 0 Å². The summed E-state index contributed by atoms with van der Waals surface area (Å²) in [6.07, 6.45) is 0. The Balaban J connectivity index is 2.94. The zero-order valence-corrected chi connectivity index (χ0v) is 8.36. The molecule has 1 rings (SSSR count). The molecule has 15 heavy (non-hydrogen) atoms. The molecule has 0 aliphatic carbocycles. The molecule has 0 saturated carbocycles. The van der Waals surface area contributed by atoms with Crippen LogP contribution in [-0.2, 0) is 4.79 Å². The molecule has 0 radical (unpaired) electrons. The van der Waals surface area contributed by atoms with Crippen molar-refractivity contribution < 1.29 is 14.7 Å². The minimum atomic E-state index is -1.18. The van der Waals surface area contributed by atoms with E-state index < -0.39 is 18.0 Å². The van der Waals surface area contributed by atoms with Crippen LogP contribution in [0.25, 0.3) is 0 Å². The van der Waals surface area contributed by atoms with Crippen LogP contribution in [0.1, 0.15) is 11.6 Å². The number of halogens is 1. The summed E-state index contributed by atoms with van der Waals surface area (Å²) in [5, 5.41) is 11.4. The number of hydrogen-bond acceptors (Lipinski definition) is 2. The fourth-order valence-electron chi connectivity index (χ4n) is 1.09. The number of urea groups is 1. The van der Waals surface area contributed by atoms with Gasteiger partial charge in [0.2, 0.25) is 0 Å². The van der Waals surface area contributed by atoms with Crippen molar-refractivity contribution >= 4 is 23.6 Å². The molecule has 0 bridgehead atoms. The number of carbonyl (C=O) groups excluding carboxylic acids is 1. The van der Waals surface area contributed by atoms with E-state index in [9.17, 15) is 9.59 Å². The summed E-state index contributed by atoms with van der Waals surface area (Å²) < 4.78 is 0. The van der Waals surface area contributed by atoms with Gasteiger partial charge in [-0.05, 0) is 17.7 Å². The highest BCUT2D eigenvalue weighted by atomic mass is 35.5. The van der Waals surface area contributed by atoms with Crippen molar-refractivity contribution in [1.82, 2.24) is 5.32 Å². The van der Waals surface area contributed by atoms with E-state index >= 15 is 0 Å². The fraction of sp³-hybridized carbons (Fsp3) is 0.111. The van der Waals surface area contributed by atoms with Crippen LogP contribution in [0.5, 0.6) is 0 Å². The summed E-state index contributed by atoms with van der Waals surface area (Å²) in [6, 6.07) is 4.05. The summed E-state index contributed by atoms with van der Waals surface area (Å²) in [7, 11) is 0. The van der Waals surface area contributed by atoms with Crippen LogP contribution < -0.4 is 11.1 Å². The van der Waals surface area contributed by atoms with E-state index in [1.54, 1.807) is 0 Å². The summed E-state index contributed by atoms with van der Waals surface area (Å²) in [5.41, 5.74) is 5.27. The standard InChI is InChI=1S/C9H9ClN2O3/c10-6-3-1-5(2-4-6)7(8(13)14)12-9(11)15/h1-4,7H,(H,13,14)(H3,11,12,15). The summed E-state index contributed by atoms with van der Waals surface area (Å²) in [4.78, 5) is 21.4. The monoisotopic (exact) mass is 228 g/mol. The molecule has 1 atom stereocenters. The summed E-state index contributed by atoms with van der Waals surface area (Å²) >= 11 is 5.64. The van der Waals surface area contributed by atoms with E-state index in [0.717, 1.165) is 0 Å². The van der Waals surface area contributed by atoms with Crippen LogP contribution in [0.3, 0.4) is 0 Å². The largest absolute Gasteiger partial charge is 0.479 e. The summed E-state index contributed by atoms with van der Waals surface area (Å²) in [6.45, 7) is 0. The lowest BCUT2D eigenvalue weighted by atomic mass is 10.1. The SMILES string of the molecule is NC(=O)NC(C(=O)O)c1ccc(Cl)cc1. The Morgan fingerprint density at radius 3 is 2.27 bits per heavy atom. The first-order chi connectivity index (χ1) is 7.00. The quantitative estimate of drug-likeness (QED) is 0.724. The predicted molar refractivity (Wildman–Crippen MR) is 54.5 cm³/mol. The van der Waals surface area contributed by atoms with Crippen LogP contribution >= 0.6 is 11.6 Å². The first-order valence-electron chi connectivity index (χ1n) is 4.05. The smallest absolute Gasteiger partial charge is 0.330 e. The Morgan fingerprint density at radius 2 is 1.87 bits per heavy atom. The number of amides is 2. The van der Waals surface area contributed by atoms with Crippen LogP contribution in [0, 0.1) is 0 Å². The maximum Gasteiger partial charge on any atom is 0.330 e. The maximum atomic E-state index is 10.8. The zero-order chi connectivity index (χ0) is 11.4. The first-order valence-corrected chi connectivity index (χ1v) is 4.42. The van der Waals surface area contributed by atoms with Crippen molar-refractivity contribution in [1.29, 1.82) is 0 Å². The second-order valence-corrected chi connectivity index (χ2v) is 3.27. The Hall–Kier alpha value is -1.75. The molecular formula is C9H9ClN2O3. The molecule has 0 fully saturated rings. The maximum absolute atomic E-state index is 10.8. The number of carboxylic acid groups (broad SMARTS) is 1. The van der Waals surface area contributed by atoms with Crippen LogP contribution in [0.15, 0.2) is 24.3 Å². The zero-order valence-electron chi connectivity index (χ0n) is 7.61. The second-order valence-electron chi connectivity index (χ2n) is 2.83. The highest BCUT2D eigenvalue weighted by Gasteiger charge is 2.20. The molecule has 0 spiro atoms. The highest BCUT2D eigenvalue weighted by molar-refractivity contribution is 6.30. The van der Waals surface area contributed by atoms with Crippen molar-refractivity contribution in [3.05, 3.63) is 34.9 Å².